The summed E-state index contributed by atoms with van der Waals surface area (Å²) in [5.41, 5.74) is 2.81. The lowest BCUT2D eigenvalue weighted by atomic mass is 10.2. The van der Waals surface area contributed by atoms with E-state index in [1.165, 1.54) is 11.3 Å². The van der Waals surface area contributed by atoms with Gasteiger partial charge in [-0.25, -0.2) is 0 Å². The van der Waals surface area contributed by atoms with E-state index in [-0.39, 0.29) is 0 Å². The number of fused-ring (bicyclic) bond motifs is 1. The number of guanidine groups is 1. The number of ether oxygens (including phenoxy) is 2. The number of hydrogen-bond acceptors (Lipinski definition) is 4. The molecule has 1 aliphatic rings. The number of anilines is 1. The lowest BCUT2D eigenvalue weighted by Crippen LogP contribution is -2.40. The van der Waals surface area contributed by atoms with Gasteiger partial charge in [0.1, 0.15) is 0 Å². The van der Waals surface area contributed by atoms with Gasteiger partial charge in [0.2, 0.25) is 0 Å². The standard InChI is InChI=1S/C20H34N4O2/c1-4-21-20(22-11-7-13-26-15-14-25-3)23-16-17(2)24-12-10-18-8-5-6-9-19(18)24/h5-6,8-9,17H,4,7,10-16H2,1-3H3,(H2,21,22,23). The molecule has 6 nitrogen and oxygen atoms in total. The second-order valence-electron chi connectivity index (χ2n) is 6.53. The van der Waals surface area contributed by atoms with E-state index >= 15 is 0 Å². The van der Waals surface area contributed by atoms with Gasteiger partial charge >= 0.3 is 0 Å². The van der Waals surface area contributed by atoms with Crippen molar-refractivity contribution in [2.45, 2.75) is 32.7 Å². The molecule has 0 saturated carbocycles. The number of nitrogens with one attached hydrogen (secondary N) is 2. The summed E-state index contributed by atoms with van der Waals surface area (Å²) in [6.45, 7) is 9.93. The molecule has 0 spiro atoms. The first-order chi connectivity index (χ1) is 12.8. The average Bonchev–Trinajstić information content (AvgIpc) is 3.09. The number of aliphatic imine (C=N–C) groups is 1. The summed E-state index contributed by atoms with van der Waals surface area (Å²) < 4.78 is 10.4. The fourth-order valence-electron chi connectivity index (χ4n) is 3.11. The Balaban J connectivity index is 1.75. The summed E-state index contributed by atoms with van der Waals surface area (Å²) in [6, 6.07) is 9.07. The lowest BCUT2D eigenvalue weighted by Gasteiger charge is -2.26. The quantitative estimate of drug-likeness (QED) is 0.358. The highest BCUT2D eigenvalue weighted by molar-refractivity contribution is 5.79. The number of nitrogens with zero attached hydrogens (tertiary/aromatic N) is 2. The topological polar surface area (TPSA) is 58.1 Å². The van der Waals surface area contributed by atoms with E-state index in [0.29, 0.717) is 19.3 Å². The van der Waals surface area contributed by atoms with Gasteiger partial charge in [0.15, 0.2) is 5.96 Å². The van der Waals surface area contributed by atoms with Crippen molar-refractivity contribution >= 4 is 11.6 Å². The molecule has 1 atom stereocenters. The maximum Gasteiger partial charge on any atom is 0.191 e. The summed E-state index contributed by atoms with van der Waals surface area (Å²) in [6.07, 6.45) is 2.08. The maximum atomic E-state index is 5.48. The van der Waals surface area contributed by atoms with Crippen molar-refractivity contribution in [2.24, 2.45) is 4.99 Å². The van der Waals surface area contributed by atoms with Gasteiger partial charge < -0.3 is 25.0 Å². The van der Waals surface area contributed by atoms with Crippen LogP contribution in [0.5, 0.6) is 0 Å². The third-order valence-corrected chi connectivity index (χ3v) is 4.50. The van der Waals surface area contributed by atoms with Crippen molar-refractivity contribution in [3.05, 3.63) is 29.8 Å². The fraction of sp³-hybridized carbons (Fsp3) is 0.650. The molecule has 2 N–H and O–H groups in total. The van der Waals surface area contributed by atoms with Crippen molar-refractivity contribution in [3.63, 3.8) is 0 Å². The molecule has 0 aromatic heterocycles. The Bertz CT molecular complexity index is 550. The molecular formula is C20H34N4O2. The molecule has 0 radical (unpaired) electrons. The van der Waals surface area contributed by atoms with Crippen LogP contribution in [-0.4, -0.2) is 65.1 Å². The van der Waals surface area contributed by atoms with E-state index in [9.17, 15) is 0 Å². The average molecular weight is 363 g/mol. The summed E-state index contributed by atoms with van der Waals surface area (Å²) in [5, 5.41) is 6.70. The predicted molar refractivity (Wildman–Crippen MR) is 108 cm³/mol. The normalized spacial score (nSPS) is 15.0. The molecule has 0 saturated heterocycles. The monoisotopic (exact) mass is 362 g/mol. The first-order valence-electron chi connectivity index (χ1n) is 9.69. The molecule has 1 unspecified atom stereocenters. The Morgan fingerprint density at radius 3 is 2.88 bits per heavy atom. The van der Waals surface area contributed by atoms with Crippen molar-refractivity contribution in [2.75, 3.05) is 58.0 Å². The smallest absolute Gasteiger partial charge is 0.191 e. The van der Waals surface area contributed by atoms with Crippen LogP contribution >= 0.6 is 0 Å². The van der Waals surface area contributed by atoms with Crippen LogP contribution in [0.4, 0.5) is 5.69 Å². The van der Waals surface area contributed by atoms with Crippen molar-refractivity contribution in [1.82, 2.24) is 10.6 Å². The maximum absolute atomic E-state index is 5.48. The summed E-state index contributed by atoms with van der Waals surface area (Å²) >= 11 is 0. The minimum absolute atomic E-state index is 0.381. The van der Waals surface area contributed by atoms with Crippen LogP contribution in [-0.2, 0) is 15.9 Å². The lowest BCUT2D eigenvalue weighted by molar-refractivity contribution is 0.0698. The number of rotatable bonds is 11. The summed E-state index contributed by atoms with van der Waals surface area (Å²) in [5.74, 6) is 0.878. The molecule has 6 heteroatoms. The number of methoxy groups -OCH3 is 1. The van der Waals surface area contributed by atoms with Crippen molar-refractivity contribution < 1.29 is 9.47 Å². The Kier molecular flexibility index (Phi) is 9.28. The number of benzene rings is 1. The Labute approximate surface area is 158 Å². The molecule has 1 aromatic rings. The third kappa shape index (κ3) is 6.50. The zero-order valence-electron chi connectivity index (χ0n) is 16.5. The second kappa shape index (κ2) is 11.8. The van der Waals surface area contributed by atoms with Gasteiger partial charge in [-0.2, -0.15) is 0 Å². The van der Waals surface area contributed by atoms with Gasteiger partial charge in [-0.1, -0.05) is 18.2 Å². The van der Waals surface area contributed by atoms with E-state index in [4.69, 9.17) is 14.5 Å². The fourth-order valence-corrected chi connectivity index (χ4v) is 3.11. The minimum Gasteiger partial charge on any atom is -0.382 e. The van der Waals surface area contributed by atoms with Crippen LogP contribution in [0, 0.1) is 0 Å². The van der Waals surface area contributed by atoms with Crippen LogP contribution in [0.1, 0.15) is 25.8 Å². The van der Waals surface area contributed by atoms with E-state index in [0.717, 1.165) is 51.6 Å². The first-order valence-corrected chi connectivity index (χ1v) is 9.69. The van der Waals surface area contributed by atoms with E-state index in [1.54, 1.807) is 7.11 Å². The SMILES string of the molecule is CCNC(=NCC(C)N1CCc2ccccc21)NCCCOCCOC. The van der Waals surface area contributed by atoms with Gasteiger partial charge in [0.05, 0.1) is 19.8 Å². The van der Waals surface area contributed by atoms with Crippen molar-refractivity contribution in [1.29, 1.82) is 0 Å². The Hall–Kier alpha value is -1.79. The van der Waals surface area contributed by atoms with Crippen LogP contribution < -0.4 is 15.5 Å². The Morgan fingerprint density at radius 1 is 1.23 bits per heavy atom. The van der Waals surface area contributed by atoms with Crippen LogP contribution in [0.15, 0.2) is 29.3 Å². The van der Waals surface area contributed by atoms with Crippen molar-refractivity contribution in [3.8, 4) is 0 Å². The number of hydrogen-bond donors (Lipinski definition) is 2. The molecule has 146 valence electrons. The molecule has 26 heavy (non-hydrogen) atoms. The largest absolute Gasteiger partial charge is 0.382 e. The molecule has 1 aromatic carbocycles. The van der Waals surface area contributed by atoms with Crippen LogP contribution in [0.2, 0.25) is 0 Å². The first kappa shape index (κ1) is 20.5. The highest BCUT2D eigenvalue weighted by atomic mass is 16.5. The van der Waals surface area contributed by atoms with Gasteiger partial charge in [-0.05, 0) is 38.3 Å². The minimum atomic E-state index is 0.381. The molecule has 0 amide bonds. The molecule has 0 aliphatic carbocycles. The zero-order chi connectivity index (χ0) is 18.6. The van der Waals surface area contributed by atoms with E-state index < -0.39 is 0 Å². The molecule has 1 heterocycles. The highest BCUT2D eigenvalue weighted by Crippen LogP contribution is 2.29. The summed E-state index contributed by atoms with van der Waals surface area (Å²) in [7, 11) is 1.69. The van der Waals surface area contributed by atoms with Gasteiger partial charge in [-0.15, -0.1) is 0 Å². The second-order valence-corrected chi connectivity index (χ2v) is 6.53. The van der Waals surface area contributed by atoms with E-state index in [1.807, 2.05) is 0 Å². The molecule has 1 aliphatic heterocycles. The predicted octanol–water partition coefficient (Wildman–Crippen LogP) is 2.05. The zero-order valence-corrected chi connectivity index (χ0v) is 16.5. The van der Waals surface area contributed by atoms with Crippen LogP contribution in [0.3, 0.4) is 0 Å². The molecule has 0 fully saturated rings. The number of para-hydroxylation sites is 1. The third-order valence-electron chi connectivity index (χ3n) is 4.50. The Morgan fingerprint density at radius 2 is 2.08 bits per heavy atom. The van der Waals surface area contributed by atoms with Crippen LogP contribution in [0.25, 0.3) is 0 Å². The molecular weight excluding hydrogens is 328 g/mol. The van der Waals surface area contributed by atoms with Gasteiger partial charge in [-0.3, -0.25) is 4.99 Å². The van der Waals surface area contributed by atoms with Gasteiger partial charge in [0, 0.05) is 45.1 Å². The van der Waals surface area contributed by atoms with E-state index in [2.05, 4.69) is 53.6 Å². The molecule has 0 bridgehead atoms. The van der Waals surface area contributed by atoms with Gasteiger partial charge in [0.25, 0.3) is 0 Å². The molecule has 2 rings (SSSR count). The highest BCUT2D eigenvalue weighted by Gasteiger charge is 2.22. The summed E-state index contributed by atoms with van der Waals surface area (Å²) in [4.78, 5) is 7.23.